The van der Waals surface area contributed by atoms with E-state index in [0.29, 0.717) is 18.5 Å². The maximum absolute atomic E-state index is 11.5. The summed E-state index contributed by atoms with van der Waals surface area (Å²) < 4.78 is 4.69. The average molecular weight is 278 g/mol. The number of nitrogens with one attached hydrogen (secondary N) is 2. The molecule has 0 bridgehead atoms. The summed E-state index contributed by atoms with van der Waals surface area (Å²) in [6.45, 7) is -0.830. The molecule has 20 heavy (non-hydrogen) atoms. The quantitative estimate of drug-likeness (QED) is 0.732. The molecule has 7 heteroatoms. The number of carboxylic acids is 1. The van der Waals surface area contributed by atoms with Crippen LogP contribution in [0.1, 0.15) is 12.0 Å². The Morgan fingerprint density at radius 1 is 1.30 bits per heavy atom. The van der Waals surface area contributed by atoms with Crippen molar-refractivity contribution in [3.63, 3.8) is 0 Å². The Bertz CT molecular complexity index is 556. The second kappa shape index (κ2) is 6.16. The molecule has 7 nitrogen and oxygen atoms in total. The Balaban J connectivity index is 1.92. The van der Waals surface area contributed by atoms with Crippen molar-refractivity contribution >= 4 is 29.2 Å². The molecular formula is C13H14N2O5. The highest BCUT2D eigenvalue weighted by Gasteiger charge is 2.15. The maximum atomic E-state index is 11.5. The number of anilines is 2. The molecule has 0 aliphatic carbocycles. The first-order valence-electron chi connectivity index (χ1n) is 6.07. The van der Waals surface area contributed by atoms with Gasteiger partial charge in [-0.1, -0.05) is 0 Å². The third-order valence-electron chi connectivity index (χ3n) is 2.74. The second-order valence-corrected chi connectivity index (χ2v) is 4.35. The lowest BCUT2D eigenvalue weighted by Gasteiger charge is -2.17. The summed E-state index contributed by atoms with van der Waals surface area (Å²) in [7, 11) is 0. The molecule has 2 amide bonds. The normalized spacial score (nSPS) is 13.3. The molecule has 1 aliphatic heterocycles. The smallest absolute Gasteiger partial charge is 0.329 e. The molecule has 1 heterocycles. The van der Waals surface area contributed by atoms with Gasteiger partial charge < -0.3 is 20.5 Å². The SMILES string of the molecule is O=C(O)COCC(=O)Nc1ccc2c(c1)CCC(=O)N2. The first-order valence-corrected chi connectivity index (χ1v) is 6.07. The van der Waals surface area contributed by atoms with Crippen molar-refractivity contribution in [2.75, 3.05) is 23.8 Å². The van der Waals surface area contributed by atoms with E-state index in [0.717, 1.165) is 11.3 Å². The van der Waals surface area contributed by atoms with Gasteiger partial charge >= 0.3 is 5.97 Å². The number of hydrogen-bond donors (Lipinski definition) is 3. The molecule has 1 aromatic rings. The first kappa shape index (κ1) is 14.0. The van der Waals surface area contributed by atoms with Crippen LogP contribution >= 0.6 is 0 Å². The molecule has 3 N–H and O–H groups in total. The molecule has 0 unspecified atom stereocenters. The Labute approximate surface area is 114 Å². The minimum atomic E-state index is -1.12. The lowest BCUT2D eigenvalue weighted by Crippen LogP contribution is -2.22. The molecule has 0 saturated carbocycles. The third-order valence-corrected chi connectivity index (χ3v) is 2.74. The number of fused-ring (bicyclic) bond motifs is 1. The van der Waals surface area contributed by atoms with Gasteiger partial charge in [0.1, 0.15) is 13.2 Å². The molecular weight excluding hydrogens is 264 g/mol. The minimum Gasteiger partial charge on any atom is -0.480 e. The van der Waals surface area contributed by atoms with Crippen molar-refractivity contribution < 1.29 is 24.2 Å². The van der Waals surface area contributed by atoms with Crippen LogP contribution < -0.4 is 10.6 Å². The van der Waals surface area contributed by atoms with Gasteiger partial charge in [-0.25, -0.2) is 4.79 Å². The monoisotopic (exact) mass is 278 g/mol. The summed E-state index contributed by atoms with van der Waals surface area (Å²) in [4.78, 5) is 33.0. The van der Waals surface area contributed by atoms with Crippen LogP contribution in [0.15, 0.2) is 18.2 Å². The number of carbonyl (C=O) groups excluding carboxylic acids is 2. The summed E-state index contributed by atoms with van der Waals surface area (Å²) in [6, 6.07) is 5.17. The van der Waals surface area contributed by atoms with Crippen LogP contribution in [-0.2, 0) is 25.5 Å². The van der Waals surface area contributed by atoms with E-state index in [1.54, 1.807) is 18.2 Å². The highest BCUT2D eigenvalue weighted by atomic mass is 16.5. The molecule has 1 aromatic carbocycles. The summed E-state index contributed by atoms with van der Waals surface area (Å²) >= 11 is 0. The lowest BCUT2D eigenvalue weighted by atomic mass is 10.0. The molecule has 0 spiro atoms. The Morgan fingerprint density at radius 2 is 2.10 bits per heavy atom. The number of ether oxygens (including phenoxy) is 1. The fraction of sp³-hybridized carbons (Fsp3) is 0.308. The van der Waals surface area contributed by atoms with Crippen molar-refractivity contribution in [2.45, 2.75) is 12.8 Å². The topological polar surface area (TPSA) is 105 Å². The van der Waals surface area contributed by atoms with Crippen LogP contribution in [0.4, 0.5) is 11.4 Å². The van der Waals surface area contributed by atoms with Crippen molar-refractivity contribution in [3.05, 3.63) is 23.8 Å². The van der Waals surface area contributed by atoms with Gasteiger partial charge in [0, 0.05) is 17.8 Å². The summed E-state index contributed by atoms with van der Waals surface area (Å²) in [6.07, 6.45) is 1.05. The van der Waals surface area contributed by atoms with Gasteiger partial charge in [0.15, 0.2) is 0 Å². The number of amides is 2. The predicted molar refractivity (Wildman–Crippen MR) is 70.5 cm³/mol. The van der Waals surface area contributed by atoms with Gasteiger partial charge in [0.2, 0.25) is 11.8 Å². The highest BCUT2D eigenvalue weighted by molar-refractivity contribution is 5.96. The summed E-state index contributed by atoms with van der Waals surface area (Å²) in [5, 5.41) is 13.7. The molecule has 0 atom stereocenters. The van der Waals surface area contributed by atoms with Gasteiger partial charge in [-0.05, 0) is 30.2 Å². The Hall–Kier alpha value is -2.41. The summed E-state index contributed by atoms with van der Waals surface area (Å²) in [5.41, 5.74) is 2.29. The number of benzene rings is 1. The van der Waals surface area contributed by atoms with Crippen LogP contribution in [0.5, 0.6) is 0 Å². The maximum Gasteiger partial charge on any atom is 0.329 e. The van der Waals surface area contributed by atoms with Crippen LogP contribution in [0.2, 0.25) is 0 Å². The second-order valence-electron chi connectivity index (χ2n) is 4.35. The van der Waals surface area contributed by atoms with Gasteiger partial charge in [-0.3, -0.25) is 9.59 Å². The number of aliphatic carboxylic acids is 1. The van der Waals surface area contributed by atoms with E-state index in [1.165, 1.54) is 0 Å². The van der Waals surface area contributed by atoms with E-state index in [1.807, 2.05) is 0 Å². The van der Waals surface area contributed by atoms with Crippen LogP contribution in [0, 0.1) is 0 Å². The fourth-order valence-electron chi connectivity index (χ4n) is 1.89. The van der Waals surface area contributed by atoms with E-state index >= 15 is 0 Å². The predicted octanol–water partition coefficient (Wildman–Crippen LogP) is 0.611. The van der Waals surface area contributed by atoms with Crippen LogP contribution in [0.25, 0.3) is 0 Å². The van der Waals surface area contributed by atoms with Crippen molar-refractivity contribution in [2.24, 2.45) is 0 Å². The highest BCUT2D eigenvalue weighted by Crippen LogP contribution is 2.25. The third kappa shape index (κ3) is 3.79. The zero-order valence-corrected chi connectivity index (χ0v) is 10.6. The largest absolute Gasteiger partial charge is 0.480 e. The van der Waals surface area contributed by atoms with Crippen molar-refractivity contribution in [1.29, 1.82) is 0 Å². The number of carboxylic acid groups (broad SMARTS) is 1. The average Bonchev–Trinajstić information content (AvgIpc) is 2.38. The Kier molecular flexibility index (Phi) is 4.31. The van der Waals surface area contributed by atoms with E-state index in [4.69, 9.17) is 5.11 Å². The van der Waals surface area contributed by atoms with Crippen molar-refractivity contribution in [3.8, 4) is 0 Å². The molecule has 0 fully saturated rings. The number of hydrogen-bond acceptors (Lipinski definition) is 4. The summed E-state index contributed by atoms with van der Waals surface area (Å²) in [5.74, 6) is -1.57. The van der Waals surface area contributed by atoms with E-state index < -0.39 is 18.5 Å². The molecule has 0 aromatic heterocycles. The number of aryl methyl sites for hydroxylation is 1. The fourth-order valence-corrected chi connectivity index (χ4v) is 1.89. The van der Waals surface area contributed by atoms with E-state index in [-0.39, 0.29) is 12.5 Å². The van der Waals surface area contributed by atoms with Gasteiger partial charge in [0.05, 0.1) is 0 Å². The first-order chi connectivity index (χ1) is 9.54. The van der Waals surface area contributed by atoms with Gasteiger partial charge in [-0.2, -0.15) is 0 Å². The number of carbonyl (C=O) groups is 3. The molecule has 106 valence electrons. The van der Waals surface area contributed by atoms with Gasteiger partial charge in [-0.15, -0.1) is 0 Å². The van der Waals surface area contributed by atoms with Gasteiger partial charge in [0.25, 0.3) is 0 Å². The van der Waals surface area contributed by atoms with E-state index in [9.17, 15) is 14.4 Å². The van der Waals surface area contributed by atoms with Crippen LogP contribution in [0.3, 0.4) is 0 Å². The lowest BCUT2D eigenvalue weighted by molar-refractivity contribution is -0.143. The van der Waals surface area contributed by atoms with Crippen molar-refractivity contribution in [1.82, 2.24) is 0 Å². The molecule has 0 saturated heterocycles. The standard InChI is InChI=1S/C13H14N2O5/c16-11-4-1-8-5-9(2-3-10(8)15-11)14-12(17)6-20-7-13(18)19/h2-3,5H,1,4,6-7H2,(H,14,17)(H,15,16)(H,18,19). The Morgan fingerprint density at radius 3 is 2.85 bits per heavy atom. The zero-order valence-electron chi connectivity index (χ0n) is 10.6. The van der Waals surface area contributed by atoms with E-state index in [2.05, 4.69) is 15.4 Å². The molecule has 1 aliphatic rings. The van der Waals surface area contributed by atoms with Crippen LogP contribution in [-0.4, -0.2) is 36.1 Å². The number of rotatable bonds is 5. The minimum absolute atomic E-state index is 0.0173. The molecule has 2 rings (SSSR count). The molecule has 0 radical (unpaired) electrons. The zero-order chi connectivity index (χ0) is 14.5.